The second-order valence-corrected chi connectivity index (χ2v) is 7.50. The lowest BCUT2D eigenvalue weighted by atomic mass is 9.84. The first-order chi connectivity index (χ1) is 10.9. The summed E-state index contributed by atoms with van der Waals surface area (Å²) in [4.78, 5) is 0.163. The van der Waals surface area contributed by atoms with E-state index in [4.69, 9.17) is 8.92 Å². The molecule has 0 saturated heterocycles. The fraction of sp³-hybridized carbons (Fsp3) is 0.333. The van der Waals surface area contributed by atoms with Crippen LogP contribution >= 0.6 is 0 Å². The maximum absolute atomic E-state index is 12.4. The van der Waals surface area contributed by atoms with E-state index in [9.17, 15) is 8.42 Å². The van der Waals surface area contributed by atoms with Gasteiger partial charge < -0.3 is 4.74 Å². The van der Waals surface area contributed by atoms with Crippen molar-refractivity contribution in [2.75, 3.05) is 20.3 Å². The minimum Gasteiger partial charge on any atom is -0.384 e. The molecule has 2 rings (SSSR count). The number of hydrogen-bond donors (Lipinski definition) is 0. The first-order valence-corrected chi connectivity index (χ1v) is 8.79. The number of methoxy groups -OCH3 is 1. The second kappa shape index (κ2) is 7.25. The van der Waals surface area contributed by atoms with Gasteiger partial charge in [-0.15, -0.1) is 0 Å². The molecule has 4 nitrogen and oxygen atoms in total. The molecule has 1 atom stereocenters. The molecule has 0 aliphatic rings. The smallest absolute Gasteiger partial charge is 0.297 e. The van der Waals surface area contributed by atoms with Crippen molar-refractivity contribution in [2.24, 2.45) is 0 Å². The van der Waals surface area contributed by atoms with Crippen LogP contribution in [-0.2, 0) is 24.5 Å². The third-order valence-electron chi connectivity index (χ3n) is 3.78. The van der Waals surface area contributed by atoms with Gasteiger partial charge in [-0.2, -0.15) is 8.42 Å². The highest BCUT2D eigenvalue weighted by Crippen LogP contribution is 2.26. The Morgan fingerprint density at radius 3 is 2.13 bits per heavy atom. The topological polar surface area (TPSA) is 52.6 Å². The Bertz CT molecular complexity index is 723. The largest absolute Gasteiger partial charge is 0.384 e. The van der Waals surface area contributed by atoms with Crippen LogP contribution in [0.1, 0.15) is 18.1 Å². The van der Waals surface area contributed by atoms with Crippen molar-refractivity contribution in [2.45, 2.75) is 24.2 Å². The molecule has 0 aromatic heterocycles. The predicted octanol–water partition coefficient (Wildman–Crippen LogP) is 3.30. The van der Waals surface area contributed by atoms with Gasteiger partial charge in [-0.25, -0.2) is 0 Å². The van der Waals surface area contributed by atoms with Gasteiger partial charge in [0.2, 0.25) is 0 Å². The quantitative estimate of drug-likeness (QED) is 0.729. The molecule has 0 radical (unpaired) electrons. The van der Waals surface area contributed by atoms with E-state index in [2.05, 4.69) is 0 Å². The van der Waals surface area contributed by atoms with Gasteiger partial charge in [0.25, 0.3) is 10.1 Å². The third-order valence-corrected chi connectivity index (χ3v) is 5.05. The normalized spacial score (nSPS) is 14.4. The van der Waals surface area contributed by atoms with Crippen LogP contribution in [0.2, 0.25) is 0 Å². The van der Waals surface area contributed by atoms with Crippen LogP contribution in [0.4, 0.5) is 0 Å². The number of aryl methyl sites for hydroxylation is 1. The van der Waals surface area contributed by atoms with Gasteiger partial charge in [-0.3, -0.25) is 4.18 Å². The summed E-state index contributed by atoms with van der Waals surface area (Å²) >= 11 is 0. The van der Waals surface area contributed by atoms with Crippen molar-refractivity contribution in [3.05, 3.63) is 65.7 Å². The van der Waals surface area contributed by atoms with Crippen LogP contribution in [0.3, 0.4) is 0 Å². The van der Waals surface area contributed by atoms with Gasteiger partial charge in [0.15, 0.2) is 0 Å². The van der Waals surface area contributed by atoms with E-state index in [1.54, 1.807) is 31.4 Å². The van der Waals surface area contributed by atoms with E-state index >= 15 is 0 Å². The summed E-state index contributed by atoms with van der Waals surface area (Å²) in [6.07, 6.45) is 0. The molecule has 0 saturated carbocycles. The third kappa shape index (κ3) is 4.41. The molecule has 23 heavy (non-hydrogen) atoms. The SMILES string of the molecule is COCC(C)(COS(=O)(=O)c1ccc(C)cc1)c1ccccc1. The van der Waals surface area contributed by atoms with Gasteiger partial charge >= 0.3 is 0 Å². The van der Waals surface area contributed by atoms with Crippen molar-refractivity contribution in [3.8, 4) is 0 Å². The molecule has 0 N–H and O–H groups in total. The first kappa shape index (κ1) is 17.7. The molecule has 0 bridgehead atoms. The van der Waals surface area contributed by atoms with E-state index < -0.39 is 15.5 Å². The van der Waals surface area contributed by atoms with E-state index in [0.717, 1.165) is 11.1 Å². The van der Waals surface area contributed by atoms with Crippen LogP contribution < -0.4 is 0 Å². The summed E-state index contributed by atoms with van der Waals surface area (Å²) in [5.74, 6) is 0. The molecule has 0 spiro atoms. The maximum Gasteiger partial charge on any atom is 0.297 e. The average molecular weight is 334 g/mol. The molecule has 0 heterocycles. The van der Waals surface area contributed by atoms with Crippen molar-refractivity contribution < 1.29 is 17.3 Å². The van der Waals surface area contributed by atoms with Crippen LogP contribution in [0.5, 0.6) is 0 Å². The summed E-state index contributed by atoms with van der Waals surface area (Å²) in [5.41, 5.74) is 1.42. The summed E-state index contributed by atoms with van der Waals surface area (Å²) in [5, 5.41) is 0. The Morgan fingerprint density at radius 1 is 0.957 bits per heavy atom. The fourth-order valence-corrected chi connectivity index (χ4v) is 3.37. The van der Waals surface area contributed by atoms with Crippen molar-refractivity contribution >= 4 is 10.1 Å². The van der Waals surface area contributed by atoms with Gasteiger partial charge in [0.05, 0.1) is 18.1 Å². The highest BCUT2D eigenvalue weighted by molar-refractivity contribution is 7.86. The summed E-state index contributed by atoms with van der Waals surface area (Å²) in [7, 11) is -2.20. The Balaban J connectivity index is 2.20. The molecule has 0 amide bonds. The van der Waals surface area contributed by atoms with Gasteiger partial charge in [0, 0.05) is 12.5 Å². The molecule has 2 aromatic carbocycles. The van der Waals surface area contributed by atoms with Crippen molar-refractivity contribution in [1.29, 1.82) is 0 Å². The van der Waals surface area contributed by atoms with Gasteiger partial charge in [0.1, 0.15) is 0 Å². The zero-order chi connectivity index (χ0) is 16.9. The highest BCUT2D eigenvalue weighted by atomic mass is 32.2. The molecular formula is C18H22O4S. The molecule has 0 fully saturated rings. The summed E-state index contributed by atoms with van der Waals surface area (Å²) in [6.45, 7) is 4.21. The summed E-state index contributed by atoms with van der Waals surface area (Å²) < 4.78 is 35.3. The van der Waals surface area contributed by atoms with Gasteiger partial charge in [-0.1, -0.05) is 55.0 Å². The molecular weight excluding hydrogens is 312 g/mol. The lowest BCUT2D eigenvalue weighted by Gasteiger charge is -2.28. The maximum atomic E-state index is 12.4. The molecule has 5 heteroatoms. The monoisotopic (exact) mass is 334 g/mol. The van der Waals surface area contributed by atoms with E-state index in [-0.39, 0.29) is 11.5 Å². The predicted molar refractivity (Wildman–Crippen MR) is 90.0 cm³/mol. The van der Waals surface area contributed by atoms with Crippen LogP contribution in [0, 0.1) is 6.92 Å². The van der Waals surface area contributed by atoms with Crippen molar-refractivity contribution in [1.82, 2.24) is 0 Å². The fourth-order valence-electron chi connectivity index (χ4n) is 2.35. The standard InChI is InChI=1S/C18H22O4S/c1-15-9-11-17(12-10-15)23(19,20)22-14-18(2,13-21-3)16-7-5-4-6-8-16/h4-12H,13-14H2,1-3H3. The van der Waals surface area contributed by atoms with E-state index in [1.807, 2.05) is 44.2 Å². The Kier molecular flexibility index (Phi) is 5.57. The van der Waals surface area contributed by atoms with Crippen molar-refractivity contribution in [3.63, 3.8) is 0 Å². The minimum atomic E-state index is -3.79. The average Bonchev–Trinajstić information content (AvgIpc) is 2.55. The lowest BCUT2D eigenvalue weighted by molar-refractivity contribution is 0.103. The zero-order valence-corrected chi connectivity index (χ0v) is 14.5. The number of ether oxygens (including phenoxy) is 1. The van der Waals surface area contributed by atoms with Crippen LogP contribution in [0.15, 0.2) is 59.5 Å². The first-order valence-electron chi connectivity index (χ1n) is 7.38. The molecule has 0 aliphatic heterocycles. The van der Waals surface area contributed by atoms with E-state index in [1.165, 1.54) is 0 Å². The van der Waals surface area contributed by atoms with E-state index in [0.29, 0.717) is 6.61 Å². The van der Waals surface area contributed by atoms with Gasteiger partial charge in [-0.05, 0) is 24.6 Å². The molecule has 0 aliphatic carbocycles. The number of benzene rings is 2. The van der Waals surface area contributed by atoms with Crippen LogP contribution in [0.25, 0.3) is 0 Å². The highest BCUT2D eigenvalue weighted by Gasteiger charge is 2.30. The molecule has 2 aromatic rings. The van der Waals surface area contributed by atoms with Crippen LogP contribution in [-0.4, -0.2) is 28.7 Å². The summed E-state index contributed by atoms with van der Waals surface area (Å²) in [6, 6.07) is 16.3. The molecule has 124 valence electrons. The Labute approximate surface area is 138 Å². The zero-order valence-electron chi connectivity index (χ0n) is 13.7. The Hall–Kier alpha value is -1.69. The lowest BCUT2D eigenvalue weighted by Crippen LogP contribution is -2.34. The number of hydrogen-bond acceptors (Lipinski definition) is 4. The number of rotatable bonds is 7. The second-order valence-electron chi connectivity index (χ2n) is 5.89. The Morgan fingerprint density at radius 2 is 1.57 bits per heavy atom. The minimum absolute atomic E-state index is 0.0149. The molecule has 1 unspecified atom stereocenters.